The van der Waals surface area contributed by atoms with Crippen LogP contribution in [0.25, 0.3) is 21.5 Å². The van der Waals surface area contributed by atoms with Crippen LogP contribution in [0.3, 0.4) is 0 Å². The monoisotopic (exact) mass is 706 g/mol. The Bertz CT molecular complexity index is 1250. The van der Waals surface area contributed by atoms with Crippen LogP contribution < -0.4 is 0 Å². The van der Waals surface area contributed by atoms with Gasteiger partial charge in [-0.2, -0.15) is 61.4 Å². The summed E-state index contributed by atoms with van der Waals surface area (Å²) < 4.78 is 0. The van der Waals surface area contributed by atoms with Crippen molar-refractivity contribution in [1.29, 1.82) is 0 Å². The molecule has 0 nitrogen and oxygen atoms in total. The van der Waals surface area contributed by atoms with E-state index in [9.17, 15) is 0 Å². The van der Waals surface area contributed by atoms with Crippen LogP contribution in [0, 0.1) is 27.7 Å². The minimum absolute atomic E-state index is 0. The van der Waals surface area contributed by atoms with E-state index in [0.717, 1.165) is 11.1 Å². The van der Waals surface area contributed by atoms with E-state index in [-0.39, 0.29) is 25.8 Å². The third-order valence-electron chi connectivity index (χ3n) is 5.71. The van der Waals surface area contributed by atoms with Crippen molar-refractivity contribution in [2.75, 3.05) is 0 Å². The molecular weight excluding hydrogens is 663 g/mol. The quantitative estimate of drug-likeness (QED) is 0.124. The predicted molar refractivity (Wildman–Crippen MR) is 177 cm³/mol. The molecule has 0 aromatic heterocycles. The first kappa shape index (κ1) is 35.0. The number of benzene rings is 4. The Morgan fingerprint density at radius 3 is 1.10 bits per heavy atom. The Hall–Kier alpha value is -3.07. The molecule has 2 radical (unpaired) electrons. The molecule has 0 aliphatic rings. The molecule has 0 heterocycles. The molecule has 0 aliphatic carbocycles. The Labute approximate surface area is 264 Å². The maximum Gasteiger partial charge on any atom is 4.00 e. The fourth-order valence-electron chi connectivity index (χ4n) is 3.82. The standard InChI is InChI=1S/2C10H9.2C7H7.C4H10Si.Hf/c2*1-8-6-9-4-2-3-5-10(9)7-8;2*1-7-5-3-2-4-6-7;1-3-5-4-2;/h2*2-7H,1H3;2*2-6H,1H2;3-4H2,1-2H3;/q4*-1;;+4. The fraction of sp³-hybridized carbons (Fsp3) is 0.158. The summed E-state index contributed by atoms with van der Waals surface area (Å²) in [7, 11) is 1.20. The second kappa shape index (κ2) is 20.8. The van der Waals surface area contributed by atoms with Crippen LogP contribution in [0.2, 0.25) is 12.1 Å². The molecule has 0 unspecified atom stereocenters. The molecule has 0 aliphatic heterocycles. The van der Waals surface area contributed by atoms with Gasteiger partial charge in [0, 0.05) is 9.52 Å². The minimum atomic E-state index is 0. The number of aryl methyl sites for hydroxylation is 2. The van der Waals surface area contributed by atoms with Gasteiger partial charge in [-0.15, -0.1) is 105 Å². The fourth-order valence-corrected chi connectivity index (χ4v) is 4.32. The van der Waals surface area contributed by atoms with Gasteiger partial charge in [-0.1, -0.05) is 64.0 Å². The van der Waals surface area contributed by atoms with Gasteiger partial charge in [0.1, 0.15) is 0 Å². The van der Waals surface area contributed by atoms with Gasteiger partial charge in [0.25, 0.3) is 0 Å². The van der Waals surface area contributed by atoms with Crippen LogP contribution in [-0.2, 0) is 25.8 Å². The van der Waals surface area contributed by atoms with Crippen molar-refractivity contribution in [3.63, 3.8) is 0 Å². The van der Waals surface area contributed by atoms with Gasteiger partial charge in [-0.25, -0.2) is 0 Å². The molecule has 6 aromatic rings. The number of rotatable bonds is 2. The van der Waals surface area contributed by atoms with E-state index in [1.807, 2.05) is 60.7 Å². The van der Waals surface area contributed by atoms with E-state index in [2.05, 4.69) is 114 Å². The normalized spacial score (nSPS) is 9.30. The van der Waals surface area contributed by atoms with Gasteiger partial charge in [0.2, 0.25) is 0 Å². The summed E-state index contributed by atoms with van der Waals surface area (Å²) in [6, 6.07) is 48.2. The molecule has 0 spiro atoms. The van der Waals surface area contributed by atoms with Crippen LogP contribution in [0.5, 0.6) is 0 Å². The molecule has 0 atom stereocenters. The second-order valence-electron chi connectivity index (χ2n) is 9.25. The Morgan fingerprint density at radius 2 is 0.850 bits per heavy atom. The molecule has 0 saturated carbocycles. The van der Waals surface area contributed by atoms with Crippen molar-refractivity contribution in [3.8, 4) is 0 Å². The summed E-state index contributed by atoms with van der Waals surface area (Å²) in [4.78, 5) is 0. The average molecular weight is 705 g/mol. The molecule has 0 bridgehead atoms. The summed E-state index contributed by atoms with van der Waals surface area (Å²) in [6.45, 7) is 16.1. The van der Waals surface area contributed by atoms with Crippen LogP contribution in [0.1, 0.15) is 36.1 Å². The van der Waals surface area contributed by atoms with Gasteiger partial charge in [-0.3, -0.25) is 0 Å². The van der Waals surface area contributed by atoms with E-state index in [1.165, 1.54) is 54.3 Å². The van der Waals surface area contributed by atoms with Crippen molar-refractivity contribution >= 4 is 31.1 Å². The maximum absolute atomic E-state index is 3.72. The molecule has 40 heavy (non-hydrogen) atoms. The Kier molecular flexibility index (Phi) is 18.2. The first-order chi connectivity index (χ1) is 18.9. The van der Waals surface area contributed by atoms with E-state index < -0.39 is 0 Å². The predicted octanol–water partition coefficient (Wildman–Crippen LogP) is 11.0. The second-order valence-corrected chi connectivity index (χ2v) is 11.2. The van der Waals surface area contributed by atoms with Crippen molar-refractivity contribution in [1.82, 2.24) is 0 Å². The van der Waals surface area contributed by atoms with Crippen LogP contribution in [-0.4, -0.2) is 9.52 Å². The minimum Gasteiger partial charge on any atom is -0.199 e. The molecule has 2 heteroatoms. The van der Waals surface area contributed by atoms with Crippen LogP contribution >= 0.6 is 0 Å². The van der Waals surface area contributed by atoms with Gasteiger partial charge in [0.05, 0.1) is 0 Å². The summed E-state index contributed by atoms with van der Waals surface area (Å²) >= 11 is 0. The average Bonchev–Trinajstić information content (AvgIpc) is 3.52. The summed E-state index contributed by atoms with van der Waals surface area (Å²) in [5.41, 5.74) is 4.84. The third kappa shape index (κ3) is 14.4. The molecular formula is C38H42HfSi. The first-order valence-electron chi connectivity index (χ1n) is 13.6. The molecule has 202 valence electrons. The molecule has 0 fully saturated rings. The Balaban J connectivity index is 0.000000254. The largest absolute Gasteiger partial charge is 4.00 e. The van der Waals surface area contributed by atoms with Crippen LogP contribution in [0.15, 0.2) is 133 Å². The summed E-state index contributed by atoms with van der Waals surface area (Å²) in [5.74, 6) is 0. The van der Waals surface area contributed by atoms with E-state index in [0.29, 0.717) is 0 Å². The Morgan fingerprint density at radius 1 is 0.525 bits per heavy atom. The van der Waals surface area contributed by atoms with E-state index in [4.69, 9.17) is 0 Å². The smallest absolute Gasteiger partial charge is 0.199 e. The zero-order valence-corrected chi connectivity index (χ0v) is 29.1. The first-order valence-corrected chi connectivity index (χ1v) is 15.0. The van der Waals surface area contributed by atoms with Crippen molar-refractivity contribution in [2.24, 2.45) is 0 Å². The molecule has 6 rings (SSSR count). The number of hydrogen-bond donors (Lipinski definition) is 0. The van der Waals surface area contributed by atoms with Gasteiger partial charge in [0.15, 0.2) is 0 Å². The van der Waals surface area contributed by atoms with Crippen LogP contribution in [0.4, 0.5) is 0 Å². The topological polar surface area (TPSA) is 0 Å². The summed E-state index contributed by atoms with van der Waals surface area (Å²) in [5, 5.41) is 5.39. The zero-order chi connectivity index (χ0) is 28.3. The molecule has 0 amide bonds. The van der Waals surface area contributed by atoms with Gasteiger partial charge >= 0.3 is 25.8 Å². The number of hydrogen-bond acceptors (Lipinski definition) is 0. The third-order valence-corrected chi connectivity index (χ3v) is 6.71. The maximum atomic E-state index is 3.72. The van der Waals surface area contributed by atoms with Gasteiger partial charge < -0.3 is 0 Å². The molecule has 0 saturated heterocycles. The van der Waals surface area contributed by atoms with E-state index in [1.54, 1.807) is 0 Å². The van der Waals surface area contributed by atoms with Crippen molar-refractivity contribution < 1.29 is 25.8 Å². The molecule has 6 aromatic carbocycles. The number of fused-ring (bicyclic) bond motifs is 2. The SMILES string of the molecule is CC[Si]CC.Cc1cc2ccccc2[cH-]1.Cc1cc2ccccc2[cH-]1.[CH2-]c1ccccc1.[CH2-]c1ccccc1.[Hf+4]. The van der Waals surface area contributed by atoms with Crippen molar-refractivity contribution in [3.05, 3.63) is 170 Å². The zero-order valence-electron chi connectivity index (χ0n) is 24.5. The van der Waals surface area contributed by atoms with E-state index >= 15 is 0 Å². The molecule has 0 N–H and O–H groups in total. The van der Waals surface area contributed by atoms with Crippen molar-refractivity contribution in [2.45, 2.75) is 39.8 Å². The van der Waals surface area contributed by atoms with Gasteiger partial charge in [-0.05, 0) is 0 Å². The summed E-state index contributed by atoms with van der Waals surface area (Å²) in [6.07, 6.45) is 0.